The molecular formula is C17H25N5O4. The van der Waals surface area contributed by atoms with Crippen molar-refractivity contribution in [2.24, 2.45) is 0 Å². The molecule has 142 valence electrons. The lowest BCUT2D eigenvalue weighted by atomic mass is 9.94. The first-order valence-corrected chi connectivity index (χ1v) is 9.14. The van der Waals surface area contributed by atoms with Gasteiger partial charge in [0, 0.05) is 13.1 Å². The molecule has 9 nitrogen and oxygen atoms in total. The molecule has 2 fully saturated rings. The van der Waals surface area contributed by atoms with Crippen LogP contribution in [0.1, 0.15) is 38.3 Å². The minimum atomic E-state index is -1.17. The molecule has 0 aromatic carbocycles. The third-order valence-electron chi connectivity index (χ3n) is 5.59. The Balaban J connectivity index is 1.67. The quantitative estimate of drug-likeness (QED) is 0.706. The maximum absolute atomic E-state index is 10.3. The van der Waals surface area contributed by atoms with E-state index >= 15 is 0 Å². The van der Waals surface area contributed by atoms with Crippen molar-refractivity contribution in [1.82, 2.24) is 19.5 Å². The number of aromatic nitrogens is 4. The minimum Gasteiger partial charge on any atom is -0.394 e. The summed E-state index contributed by atoms with van der Waals surface area (Å²) in [5.41, 5.74) is 1.17. The van der Waals surface area contributed by atoms with Gasteiger partial charge in [-0.1, -0.05) is 19.3 Å². The molecule has 1 unspecified atom stereocenters. The van der Waals surface area contributed by atoms with Crippen LogP contribution in [0.2, 0.25) is 0 Å². The molecule has 3 N–H and O–H groups in total. The third-order valence-corrected chi connectivity index (χ3v) is 5.59. The summed E-state index contributed by atoms with van der Waals surface area (Å²) in [6.45, 7) is -0.369. The van der Waals surface area contributed by atoms with Crippen molar-refractivity contribution in [3.63, 3.8) is 0 Å². The Morgan fingerprint density at radius 2 is 1.92 bits per heavy atom. The number of rotatable bonds is 4. The second kappa shape index (κ2) is 7.07. The second-order valence-corrected chi connectivity index (χ2v) is 7.15. The number of ether oxygens (including phenoxy) is 1. The molecule has 1 aliphatic carbocycles. The molecule has 2 aromatic rings. The zero-order valence-corrected chi connectivity index (χ0v) is 14.8. The first-order valence-electron chi connectivity index (χ1n) is 9.14. The Hall–Kier alpha value is -1.81. The summed E-state index contributed by atoms with van der Waals surface area (Å²) in [5.74, 6) is 0.757. The van der Waals surface area contributed by atoms with Gasteiger partial charge in [-0.15, -0.1) is 0 Å². The molecule has 0 amide bonds. The molecule has 1 saturated carbocycles. The smallest absolute Gasteiger partial charge is 0.167 e. The van der Waals surface area contributed by atoms with Crippen molar-refractivity contribution in [3.05, 3.63) is 12.7 Å². The van der Waals surface area contributed by atoms with Crippen LogP contribution < -0.4 is 4.90 Å². The first-order chi connectivity index (χ1) is 12.6. The number of fused-ring (bicyclic) bond motifs is 1. The summed E-state index contributed by atoms with van der Waals surface area (Å²) in [6.07, 6.45) is 5.01. The SMILES string of the molecule is CN(c1ncnc2c1ncn2C1O[C@H](CO)[C@@H](O)[C@H]1O)C1CCCCC1. The monoisotopic (exact) mass is 363 g/mol. The molecule has 0 bridgehead atoms. The van der Waals surface area contributed by atoms with E-state index in [4.69, 9.17) is 4.74 Å². The van der Waals surface area contributed by atoms with Gasteiger partial charge in [-0.25, -0.2) is 15.0 Å². The fourth-order valence-corrected chi connectivity index (χ4v) is 4.04. The highest BCUT2D eigenvalue weighted by molar-refractivity contribution is 5.83. The number of hydrogen-bond acceptors (Lipinski definition) is 8. The van der Waals surface area contributed by atoms with Crippen LogP contribution in [-0.4, -0.2) is 72.8 Å². The van der Waals surface area contributed by atoms with Crippen molar-refractivity contribution in [3.8, 4) is 0 Å². The average molecular weight is 363 g/mol. The van der Waals surface area contributed by atoms with E-state index in [1.54, 1.807) is 4.57 Å². The fraction of sp³-hybridized carbons (Fsp3) is 0.706. The molecule has 26 heavy (non-hydrogen) atoms. The molecule has 4 atom stereocenters. The summed E-state index contributed by atoms with van der Waals surface area (Å²) in [7, 11) is 2.03. The molecule has 2 aromatic heterocycles. The van der Waals surface area contributed by atoms with Crippen molar-refractivity contribution in [2.45, 2.75) is 62.7 Å². The van der Waals surface area contributed by atoms with Crippen LogP contribution in [0.4, 0.5) is 5.82 Å². The Bertz CT molecular complexity index is 763. The average Bonchev–Trinajstić information content (AvgIpc) is 3.23. The molecule has 0 radical (unpaired) electrons. The Morgan fingerprint density at radius 3 is 2.62 bits per heavy atom. The summed E-state index contributed by atoms with van der Waals surface area (Å²) in [4.78, 5) is 15.4. The van der Waals surface area contributed by atoms with Gasteiger partial charge in [0.05, 0.1) is 12.9 Å². The zero-order valence-electron chi connectivity index (χ0n) is 14.8. The number of imidazole rings is 1. The summed E-state index contributed by atoms with van der Waals surface area (Å²) >= 11 is 0. The van der Waals surface area contributed by atoms with Crippen molar-refractivity contribution in [2.75, 3.05) is 18.6 Å². The number of hydrogen-bond donors (Lipinski definition) is 3. The molecule has 9 heteroatoms. The van der Waals surface area contributed by atoms with Crippen LogP contribution in [0.15, 0.2) is 12.7 Å². The summed E-state index contributed by atoms with van der Waals surface area (Å²) in [5, 5.41) is 29.6. The number of nitrogens with zero attached hydrogens (tertiary/aromatic N) is 5. The fourth-order valence-electron chi connectivity index (χ4n) is 4.04. The van der Waals surface area contributed by atoms with Gasteiger partial charge < -0.3 is 25.0 Å². The van der Waals surface area contributed by atoms with Gasteiger partial charge in [-0.3, -0.25) is 4.57 Å². The topological polar surface area (TPSA) is 117 Å². The van der Waals surface area contributed by atoms with Crippen LogP contribution >= 0.6 is 0 Å². The lowest BCUT2D eigenvalue weighted by Gasteiger charge is -2.32. The summed E-state index contributed by atoms with van der Waals surface area (Å²) in [6, 6.07) is 0.431. The number of anilines is 1. The van der Waals surface area contributed by atoms with E-state index < -0.39 is 24.5 Å². The Morgan fingerprint density at radius 1 is 1.15 bits per heavy atom. The largest absolute Gasteiger partial charge is 0.394 e. The molecule has 4 rings (SSSR count). The predicted octanol–water partition coefficient (Wildman–Crippen LogP) is 0.207. The van der Waals surface area contributed by atoms with E-state index in [1.807, 2.05) is 7.05 Å². The Kier molecular flexibility index (Phi) is 4.78. The number of aliphatic hydroxyl groups is 3. The van der Waals surface area contributed by atoms with E-state index in [9.17, 15) is 15.3 Å². The van der Waals surface area contributed by atoms with Gasteiger partial charge in [0.25, 0.3) is 0 Å². The van der Waals surface area contributed by atoms with E-state index in [0.29, 0.717) is 17.2 Å². The van der Waals surface area contributed by atoms with Crippen LogP contribution in [-0.2, 0) is 4.74 Å². The van der Waals surface area contributed by atoms with Crippen molar-refractivity contribution in [1.29, 1.82) is 0 Å². The molecule has 1 saturated heterocycles. The van der Waals surface area contributed by atoms with Gasteiger partial charge in [0.2, 0.25) is 0 Å². The molecule has 1 aliphatic heterocycles. The lowest BCUT2D eigenvalue weighted by Crippen LogP contribution is -2.34. The van der Waals surface area contributed by atoms with Crippen LogP contribution in [0.3, 0.4) is 0 Å². The number of aliphatic hydroxyl groups excluding tert-OH is 3. The van der Waals surface area contributed by atoms with E-state index in [2.05, 4.69) is 19.9 Å². The van der Waals surface area contributed by atoms with Gasteiger partial charge in [0.1, 0.15) is 24.6 Å². The van der Waals surface area contributed by atoms with Gasteiger partial charge in [-0.05, 0) is 12.8 Å². The van der Waals surface area contributed by atoms with Crippen LogP contribution in [0.5, 0.6) is 0 Å². The zero-order chi connectivity index (χ0) is 18.3. The molecule has 3 heterocycles. The molecule has 2 aliphatic rings. The van der Waals surface area contributed by atoms with Gasteiger partial charge in [-0.2, -0.15) is 0 Å². The molecular weight excluding hydrogens is 338 g/mol. The molecule has 0 spiro atoms. The maximum Gasteiger partial charge on any atom is 0.167 e. The first kappa shape index (κ1) is 17.6. The van der Waals surface area contributed by atoms with E-state index in [1.165, 1.54) is 31.9 Å². The van der Waals surface area contributed by atoms with E-state index in [-0.39, 0.29) is 6.61 Å². The normalized spacial score (nSPS) is 30.2. The maximum atomic E-state index is 10.3. The van der Waals surface area contributed by atoms with Gasteiger partial charge >= 0.3 is 0 Å². The standard InChI is InChI=1S/C17H25N5O4/c1-21(10-5-3-2-4-6-10)15-12-16(19-8-18-15)22(9-20-12)17-14(25)13(24)11(7-23)26-17/h8-11,13-14,17,23-25H,2-7H2,1H3/t11-,13-,14-,17?/m1/s1. The summed E-state index contributed by atoms with van der Waals surface area (Å²) < 4.78 is 7.20. The lowest BCUT2D eigenvalue weighted by molar-refractivity contribution is -0.0511. The highest BCUT2D eigenvalue weighted by Crippen LogP contribution is 2.33. The Labute approximate surface area is 151 Å². The second-order valence-electron chi connectivity index (χ2n) is 7.15. The van der Waals surface area contributed by atoms with Gasteiger partial charge in [0.15, 0.2) is 23.2 Å². The van der Waals surface area contributed by atoms with E-state index in [0.717, 1.165) is 18.7 Å². The van der Waals surface area contributed by atoms with Crippen LogP contribution in [0.25, 0.3) is 11.2 Å². The van der Waals surface area contributed by atoms with Crippen LogP contribution in [0, 0.1) is 0 Å². The van der Waals surface area contributed by atoms with Crippen molar-refractivity contribution < 1.29 is 20.1 Å². The highest BCUT2D eigenvalue weighted by Gasteiger charge is 2.44. The highest BCUT2D eigenvalue weighted by atomic mass is 16.6. The predicted molar refractivity (Wildman–Crippen MR) is 93.6 cm³/mol. The third kappa shape index (κ3) is 2.84. The minimum absolute atomic E-state index is 0.369. The van der Waals surface area contributed by atoms with Crippen molar-refractivity contribution >= 4 is 17.0 Å².